The third-order valence-corrected chi connectivity index (χ3v) is 5.57. The van der Waals surface area contributed by atoms with Gasteiger partial charge in [-0.25, -0.2) is 4.68 Å². The van der Waals surface area contributed by atoms with Gasteiger partial charge in [0.2, 0.25) is 0 Å². The summed E-state index contributed by atoms with van der Waals surface area (Å²) in [5, 5.41) is 14.3. The van der Waals surface area contributed by atoms with Gasteiger partial charge in [0.15, 0.2) is 5.69 Å². The lowest BCUT2D eigenvalue weighted by molar-refractivity contribution is 0.0784. The number of aromatic nitrogens is 2. The van der Waals surface area contributed by atoms with Gasteiger partial charge in [0.05, 0.1) is 0 Å². The van der Waals surface area contributed by atoms with Crippen LogP contribution in [0.25, 0.3) is 0 Å². The van der Waals surface area contributed by atoms with Crippen LogP contribution in [-0.4, -0.2) is 24.5 Å². The zero-order valence-corrected chi connectivity index (χ0v) is 15.6. The van der Waals surface area contributed by atoms with Gasteiger partial charge in [-0.15, -0.1) is 0 Å². The summed E-state index contributed by atoms with van der Waals surface area (Å²) in [6.07, 6.45) is 2.47. The van der Waals surface area contributed by atoms with Gasteiger partial charge in [0.1, 0.15) is 12.8 Å². The first-order valence-corrected chi connectivity index (χ1v) is 11.7. The third-order valence-electron chi connectivity index (χ3n) is 3.50. The van der Waals surface area contributed by atoms with Crippen molar-refractivity contribution in [3.63, 3.8) is 0 Å². The van der Waals surface area contributed by atoms with Gasteiger partial charge in [0, 0.05) is 37.9 Å². The normalized spacial score (nSPS) is 11.4. The van der Waals surface area contributed by atoms with E-state index < -0.39 is 8.07 Å². The summed E-state index contributed by atoms with van der Waals surface area (Å²) in [6, 6.07) is 10.9. The fourth-order valence-corrected chi connectivity index (χ4v) is 3.09. The van der Waals surface area contributed by atoms with Gasteiger partial charge in [-0.05, 0) is 17.7 Å². The van der Waals surface area contributed by atoms with E-state index in [0.29, 0.717) is 23.9 Å². The molecule has 0 atom stereocenters. The van der Waals surface area contributed by atoms with E-state index in [9.17, 15) is 5.26 Å². The number of nitrogens with zero attached hydrogens (tertiary/aromatic N) is 3. The standard InChI is InChI=1S/C17H22ClN3OSi/c1-23(2,3)9-8-22-13-21-12-15(17(11-19)20-21)10-14-6-4-5-7-16(14)18/h4-7,12H,8-10,13H2,1-3H3. The SMILES string of the molecule is C[Si](C)(C)CCOCn1cc(Cc2ccccc2Cl)c(C#N)n1. The highest BCUT2D eigenvalue weighted by Crippen LogP contribution is 2.20. The Bertz CT molecular complexity index is 701. The maximum Gasteiger partial charge on any atom is 0.166 e. The number of hydrogen-bond donors (Lipinski definition) is 0. The minimum atomic E-state index is -1.09. The summed E-state index contributed by atoms with van der Waals surface area (Å²) >= 11 is 6.19. The summed E-state index contributed by atoms with van der Waals surface area (Å²) in [7, 11) is -1.09. The largest absolute Gasteiger partial charge is 0.360 e. The van der Waals surface area contributed by atoms with Crippen LogP contribution in [0.5, 0.6) is 0 Å². The smallest absolute Gasteiger partial charge is 0.166 e. The first kappa shape index (κ1) is 17.7. The fraction of sp³-hybridized carbons (Fsp3) is 0.412. The van der Waals surface area contributed by atoms with Crippen LogP contribution in [-0.2, 0) is 17.9 Å². The molecule has 0 N–H and O–H groups in total. The fourth-order valence-electron chi connectivity index (χ4n) is 2.14. The molecule has 0 radical (unpaired) electrons. The molecule has 0 saturated carbocycles. The number of halogens is 1. The number of rotatable bonds is 7. The maximum absolute atomic E-state index is 9.26. The lowest BCUT2D eigenvalue weighted by atomic mass is 10.1. The molecule has 0 amide bonds. The molecule has 0 aliphatic rings. The molecule has 1 aromatic carbocycles. The van der Waals surface area contributed by atoms with Crippen molar-refractivity contribution < 1.29 is 4.74 Å². The van der Waals surface area contributed by atoms with Crippen LogP contribution in [0, 0.1) is 11.3 Å². The monoisotopic (exact) mass is 347 g/mol. The molecule has 2 rings (SSSR count). The van der Waals surface area contributed by atoms with Gasteiger partial charge >= 0.3 is 0 Å². The second-order valence-electron chi connectivity index (χ2n) is 6.77. The lowest BCUT2D eigenvalue weighted by Crippen LogP contribution is -2.22. The Morgan fingerprint density at radius 1 is 1.26 bits per heavy atom. The molecular weight excluding hydrogens is 326 g/mol. The Morgan fingerprint density at radius 2 is 2.00 bits per heavy atom. The van der Waals surface area contributed by atoms with E-state index in [1.807, 2.05) is 30.5 Å². The van der Waals surface area contributed by atoms with Gasteiger partial charge in [0.25, 0.3) is 0 Å². The van der Waals surface area contributed by atoms with Crippen LogP contribution in [0.1, 0.15) is 16.8 Å². The first-order chi connectivity index (χ1) is 10.9. The summed E-state index contributed by atoms with van der Waals surface area (Å²) in [6.45, 7) is 8.07. The van der Waals surface area contributed by atoms with Crippen LogP contribution in [0.4, 0.5) is 0 Å². The van der Waals surface area contributed by atoms with E-state index in [2.05, 4.69) is 30.8 Å². The predicted octanol–water partition coefficient (Wildman–Crippen LogP) is 4.31. The van der Waals surface area contributed by atoms with Crippen LogP contribution in [0.2, 0.25) is 30.7 Å². The first-order valence-electron chi connectivity index (χ1n) is 7.66. The summed E-state index contributed by atoms with van der Waals surface area (Å²) in [5.74, 6) is 0. The zero-order valence-electron chi connectivity index (χ0n) is 13.8. The van der Waals surface area contributed by atoms with Crippen molar-refractivity contribution in [3.8, 4) is 6.07 Å². The average Bonchev–Trinajstić information content (AvgIpc) is 2.87. The lowest BCUT2D eigenvalue weighted by Gasteiger charge is -2.15. The van der Waals surface area contributed by atoms with Crippen molar-refractivity contribution in [1.29, 1.82) is 5.26 Å². The quantitative estimate of drug-likeness (QED) is 0.554. The minimum absolute atomic E-state index is 0.377. The number of nitriles is 1. The predicted molar refractivity (Wildman–Crippen MR) is 95.3 cm³/mol. The van der Waals surface area contributed by atoms with Gasteiger partial charge in [-0.3, -0.25) is 0 Å². The maximum atomic E-state index is 9.26. The molecular formula is C17H22ClN3OSi. The summed E-state index contributed by atoms with van der Waals surface area (Å²) < 4.78 is 7.37. The minimum Gasteiger partial charge on any atom is -0.360 e. The highest BCUT2D eigenvalue weighted by Gasteiger charge is 2.13. The number of ether oxygens (including phenoxy) is 1. The van der Waals surface area contributed by atoms with Crippen molar-refractivity contribution in [2.45, 2.75) is 38.8 Å². The average molecular weight is 348 g/mol. The van der Waals surface area contributed by atoms with E-state index >= 15 is 0 Å². The topological polar surface area (TPSA) is 50.8 Å². The van der Waals surface area contributed by atoms with Gasteiger partial charge in [-0.1, -0.05) is 49.4 Å². The van der Waals surface area contributed by atoms with E-state index in [-0.39, 0.29) is 0 Å². The Hall–Kier alpha value is -1.61. The van der Waals surface area contributed by atoms with Gasteiger partial charge < -0.3 is 4.74 Å². The molecule has 0 bridgehead atoms. The molecule has 0 aliphatic carbocycles. The van der Waals surface area contributed by atoms with E-state index in [1.165, 1.54) is 0 Å². The molecule has 0 unspecified atom stereocenters. The van der Waals surface area contributed by atoms with Crippen molar-refractivity contribution in [1.82, 2.24) is 9.78 Å². The van der Waals surface area contributed by atoms with Crippen LogP contribution < -0.4 is 0 Å². The molecule has 122 valence electrons. The van der Waals surface area contributed by atoms with E-state index in [0.717, 1.165) is 23.8 Å². The van der Waals surface area contributed by atoms with E-state index in [4.69, 9.17) is 16.3 Å². The van der Waals surface area contributed by atoms with Crippen molar-refractivity contribution in [2.24, 2.45) is 0 Å². The highest BCUT2D eigenvalue weighted by molar-refractivity contribution is 6.76. The number of hydrogen-bond acceptors (Lipinski definition) is 3. The highest BCUT2D eigenvalue weighted by atomic mass is 35.5. The van der Waals surface area contributed by atoms with E-state index in [1.54, 1.807) is 4.68 Å². The second-order valence-corrected chi connectivity index (χ2v) is 12.8. The Labute approximate surface area is 143 Å². The zero-order chi connectivity index (χ0) is 16.9. The molecule has 0 aliphatic heterocycles. The van der Waals surface area contributed by atoms with Crippen molar-refractivity contribution in [3.05, 3.63) is 52.3 Å². The third kappa shape index (κ3) is 5.50. The molecule has 4 nitrogen and oxygen atoms in total. The van der Waals surface area contributed by atoms with Crippen molar-refractivity contribution in [2.75, 3.05) is 6.61 Å². The second kappa shape index (κ2) is 7.78. The van der Waals surface area contributed by atoms with Crippen LogP contribution in [0.3, 0.4) is 0 Å². The molecule has 0 spiro atoms. The molecule has 0 saturated heterocycles. The Balaban J connectivity index is 2.01. The number of benzene rings is 1. The molecule has 6 heteroatoms. The van der Waals surface area contributed by atoms with Crippen molar-refractivity contribution >= 4 is 19.7 Å². The van der Waals surface area contributed by atoms with Gasteiger partial charge in [-0.2, -0.15) is 10.4 Å². The molecule has 0 fully saturated rings. The molecule has 1 heterocycles. The Kier molecular flexibility index (Phi) is 6.00. The molecule has 1 aromatic heterocycles. The Morgan fingerprint density at radius 3 is 2.65 bits per heavy atom. The summed E-state index contributed by atoms with van der Waals surface area (Å²) in [4.78, 5) is 0. The molecule has 23 heavy (non-hydrogen) atoms. The van der Waals surface area contributed by atoms with Crippen LogP contribution >= 0.6 is 11.6 Å². The molecule has 2 aromatic rings. The summed E-state index contributed by atoms with van der Waals surface area (Å²) in [5.41, 5.74) is 2.29. The van der Waals surface area contributed by atoms with Crippen LogP contribution in [0.15, 0.2) is 30.5 Å².